The molecule has 0 fully saturated rings. The van der Waals surface area contributed by atoms with Crippen LogP contribution in [0.5, 0.6) is 5.75 Å². The molecular weight excluding hydrogens is 362 g/mol. The van der Waals surface area contributed by atoms with Gasteiger partial charge < -0.3 is 10.1 Å². The average molecular weight is 375 g/mol. The Morgan fingerprint density at radius 1 is 1.40 bits per heavy atom. The maximum atomic E-state index is 12.0. The standard InChI is InChI=1S/C14H13BrClNO2S/c1-2-7-19-11-4-3-9(8-10(11)16)17-14(18)12-5-6-13(15)20-12/h3-6,8H,2,7H2,1H3,(H,17,18). The van der Waals surface area contributed by atoms with Crippen LogP contribution in [0.4, 0.5) is 5.69 Å². The molecule has 20 heavy (non-hydrogen) atoms. The number of amides is 1. The molecule has 6 heteroatoms. The Kier molecular flexibility index (Phi) is 5.46. The fourth-order valence-electron chi connectivity index (χ4n) is 1.54. The van der Waals surface area contributed by atoms with Crippen molar-refractivity contribution < 1.29 is 9.53 Å². The van der Waals surface area contributed by atoms with Crippen LogP contribution < -0.4 is 10.1 Å². The molecule has 1 amide bonds. The number of carbonyl (C=O) groups is 1. The number of benzene rings is 1. The van der Waals surface area contributed by atoms with Gasteiger partial charge in [0, 0.05) is 5.69 Å². The van der Waals surface area contributed by atoms with Crippen LogP contribution in [0.1, 0.15) is 23.0 Å². The number of ether oxygens (including phenoxy) is 1. The Morgan fingerprint density at radius 2 is 2.20 bits per heavy atom. The molecule has 3 nitrogen and oxygen atoms in total. The van der Waals surface area contributed by atoms with Crippen LogP contribution in [-0.2, 0) is 0 Å². The van der Waals surface area contributed by atoms with E-state index in [4.69, 9.17) is 16.3 Å². The van der Waals surface area contributed by atoms with Gasteiger partial charge in [0.05, 0.1) is 20.3 Å². The van der Waals surface area contributed by atoms with E-state index in [1.54, 1.807) is 24.3 Å². The lowest BCUT2D eigenvalue weighted by molar-refractivity contribution is 0.103. The predicted molar refractivity (Wildman–Crippen MR) is 87.2 cm³/mol. The van der Waals surface area contributed by atoms with Crippen LogP contribution in [0.2, 0.25) is 5.02 Å². The lowest BCUT2D eigenvalue weighted by Gasteiger charge is -2.09. The minimum Gasteiger partial charge on any atom is -0.492 e. The second-order valence-corrected chi connectivity index (χ2v) is 6.92. The first kappa shape index (κ1) is 15.4. The second-order valence-electron chi connectivity index (χ2n) is 4.05. The minimum absolute atomic E-state index is 0.154. The highest BCUT2D eigenvalue weighted by Crippen LogP contribution is 2.29. The number of nitrogens with one attached hydrogen (secondary N) is 1. The first-order chi connectivity index (χ1) is 9.60. The molecule has 0 saturated carbocycles. The average Bonchev–Trinajstić information content (AvgIpc) is 2.85. The molecule has 0 aliphatic heterocycles. The molecule has 1 heterocycles. The second kappa shape index (κ2) is 7.11. The quantitative estimate of drug-likeness (QED) is 0.780. The van der Waals surface area contributed by atoms with E-state index in [9.17, 15) is 4.79 Å². The zero-order valence-corrected chi connectivity index (χ0v) is 13.9. The topological polar surface area (TPSA) is 38.3 Å². The highest BCUT2D eigenvalue weighted by atomic mass is 79.9. The zero-order chi connectivity index (χ0) is 14.5. The van der Waals surface area contributed by atoms with Crippen molar-refractivity contribution in [2.45, 2.75) is 13.3 Å². The maximum absolute atomic E-state index is 12.0. The largest absolute Gasteiger partial charge is 0.492 e. The third-order valence-electron chi connectivity index (χ3n) is 2.45. The molecule has 0 bridgehead atoms. The number of anilines is 1. The molecule has 1 N–H and O–H groups in total. The normalized spacial score (nSPS) is 10.3. The van der Waals surface area contributed by atoms with E-state index < -0.39 is 0 Å². The van der Waals surface area contributed by atoms with Crippen molar-refractivity contribution in [2.24, 2.45) is 0 Å². The van der Waals surface area contributed by atoms with Gasteiger partial charge in [0.25, 0.3) is 5.91 Å². The van der Waals surface area contributed by atoms with E-state index in [1.807, 2.05) is 13.0 Å². The number of carbonyl (C=O) groups excluding carboxylic acids is 1. The fraction of sp³-hybridized carbons (Fsp3) is 0.214. The zero-order valence-electron chi connectivity index (χ0n) is 10.8. The van der Waals surface area contributed by atoms with Gasteiger partial charge >= 0.3 is 0 Å². The molecule has 0 aliphatic rings. The Balaban J connectivity index is 2.06. The van der Waals surface area contributed by atoms with Gasteiger partial charge in [0.15, 0.2) is 0 Å². The first-order valence-electron chi connectivity index (χ1n) is 6.09. The molecule has 2 aromatic rings. The smallest absolute Gasteiger partial charge is 0.265 e. The van der Waals surface area contributed by atoms with Gasteiger partial charge in [0.2, 0.25) is 0 Å². The van der Waals surface area contributed by atoms with Gasteiger partial charge in [-0.05, 0) is 52.7 Å². The molecule has 0 spiro atoms. The van der Waals surface area contributed by atoms with Crippen molar-refractivity contribution in [3.63, 3.8) is 0 Å². The lowest BCUT2D eigenvalue weighted by Crippen LogP contribution is -2.10. The Bertz CT molecular complexity index is 615. The van der Waals surface area contributed by atoms with E-state index in [-0.39, 0.29) is 5.91 Å². The Hall–Kier alpha value is -1.04. The molecular formula is C14H13BrClNO2S. The van der Waals surface area contributed by atoms with Crippen molar-refractivity contribution in [3.05, 3.63) is 44.0 Å². The summed E-state index contributed by atoms with van der Waals surface area (Å²) in [7, 11) is 0. The molecule has 0 unspecified atom stereocenters. The van der Waals surface area contributed by atoms with E-state index >= 15 is 0 Å². The molecule has 0 aliphatic carbocycles. The van der Waals surface area contributed by atoms with Crippen molar-refractivity contribution >= 4 is 50.5 Å². The Morgan fingerprint density at radius 3 is 2.80 bits per heavy atom. The van der Waals surface area contributed by atoms with Crippen molar-refractivity contribution in [1.82, 2.24) is 0 Å². The summed E-state index contributed by atoms with van der Waals surface area (Å²) in [6, 6.07) is 8.83. The molecule has 0 atom stereocenters. The summed E-state index contributed by atoms with van der Waals surface area (Å²) >= 11 is 10.8. The van der Waals surface area contributed by atoms with Gasteiger partial charge in [0.1, 0.15) is 5.75 Å². The maximum Gasteiger partial charge on any atom is 0.265 e. The van der Waals surface area contributed by atoms with E-state index in [1.165, 1.54) is 11.3 Å². The van der Waals surface area contributed by atoms with Crippen LogP contribution >= 0.6 is 38.9 Å². The van der Waals surface area contributed by atoms with Crippen molar-refractivity contribution in [3.8, 4) is 5.75 Å². The third-order valence-corrected chi connectivity index (χ3v) is 4.37. The number of thiophene rings is 1. The van der Waals surface area contributed by atoms with Gasteiger partial charge in [-0.1, -0.05) is 18.5 Å². The first-order valence-corrected chi connectivity index (χ1v) is 8.08. The van der Waals surface area contributed by atoms with Crippen LogP contribution in [0.3, 0.4) is 0 Å². The van der Waals surface area contributed by atoms with E-state index in [0.29, 0.717) is 27.9 Å². The molecule has 1 aromatic carbocycles. The van der Waals surface area contributed by atoms with Gasteiger partial charge in [-0.25, -0.2) is 0 Å². The summed E-state index contributed by atoms with van der Waals surface area (Å²) in [5, 5.41) is 3.30. The van der Waals surface area contributed by atoms with Gasteiger partial charge in [-0.2, -0.15) is 0 Å². The van der Waals surface area contributed by atoms with Crippen LogP contribution in [-0.4, -0.2) is 12.5 Å². The minimum atomic E-state index is -0.154. The molecule has 1 aromatic heterocycles. The SMILES string of the molecule is CCCOc1ccc(NC(=O)c2ccc(Br)s2)cc1Cl. The summed E-state index contributed by atoms with van der Waals surface area (Å²) < 4.78 is 6.41. The molecule has 0 radical (unpaired) electrons. The molecule has 0 saturated heterocycles. The van der Waals surface area contributed by atoms with Gasteiger partial charge in [-0.15, -0.1) is 11.3 Å². The number of hydrogen-bond donors (Lipinski definition) is 1. The van der Waals surface area contributed by atoms with E-state index in [2.05, 4.69) is 21.2 Å². The molecule has 106 valence electrons. The molecule has 2 rings (SSSR count). The van der Waals surface area contributed by atoms with Gasteiger partial charge in [-0.3, -0.25) is 4.79 Å². The highest BCUT2D eigenvalue weighted by Gasteiger charge is 2.10. The van der Waals surface area contributed by atoms with Crippen LogP contribution in [0.25, 0.3) is 0 Å². The van der Waals surface area contributed by atoms with Crippen LogP contribution in [0, 0.1) is 0 Å². The third kappa shape index (κ3) is 3.98. The predicted octanol–water partition coefficient (Wildman–Crippen LogP) is 5.21. The number of halogens is 2. The van der Waals surface area contributed by atoms with Crippen molar-refractivity contribution in [1.29, 1.82) is 0 Å². The fourth-order valence-corrected chi connectivity index (χ4v) is 3.05. The summed E-state index contributed by atoms with van der Waals surface area (Å²) in [4.78, 5) is 12.6. The van der Waals surface area contributed by atoms with Crippen LogP contribution in [0.15, 0.2) is 34.1 Å². The summed E-state index contributed by atoms with van der Waals surface area (Å²) in [6.45, 7) is 2.65. The Labute approximate surface area is 135 Å². The number of hydrogen-bond acceptors (Lipinski definition) is 3. The van der Waals surface area contributed by atoms with Crippen molar-refractivity contribution in [2.75, 3.05) is 11.9 Å². The summed E-state index contributed by atoms with van der Waals surface area (Å²) in [5.74, 6) is 0.476. The number of rotatable bonds is 5. The summed E-state index contributed by atoms with van der Waals surface area (Å²) in [6.07, 6.45) is 0.919. The monoisotopic (exact) mass is 373 g/mol. The lowest BCUT2D eigenvalue weighted by atomic mass is 10.3. The van der Waals surface area contributed by atoms with E-state index in [0.717, 1.165) is 10.2 Å². The summed E-state index contributed by atoms with van der Waals surface area (Å²) in [5.41, 5.74) is 0.647. The highest BCUT2D eigenvalue weighted by molar-refractivity contribution is 9.11.